The van der Waals surface area contributed by atoms with Crippen LogP contribution >= 0.6 is 0 Å². The molecule has 0 atom stereocenters. The maximum absolute atomic E-state index is 3.22. The molecule has 0 fully saturated rings. The Morgan fingerprint density at radius 3 is 2.36 bits per heavy atom. The molecule has 0 saturated heterocycles. The summed E-state index contributed by atoms with van der Waals surface area (Å²) in [5, 5.41) is 0. The average molecular weight is 185 g/mol. The summed E-state index contributed by atoms with van der Waals surface area (Å²) in [7, 11) is 0. The summed E-state index contributed by atoms with van der Waals surface area (Å²) in [6, 6.07) is 0. The van der Waals surface area contributed by atoms with Gasteiger partial charge in [0.1, 0.15) is 0 Å². The number of allylic oxidation sites excluding steroid dienone is 10. The third-order valence-corrected chi connectivity index (χ3v) is 1.92. The molecule has 73 valence electrons. The fraction of sp³-hybridized carbons (Fsp3) is 0.286. The van der Waals surface area contributed by atoms with Crippen LogP contribution in [0.5, 0.6) is 0 Å². The third kappa shape index (κ3) is 6.24. The second kappa shape index (κ2) is 8.31. The van der Waals surface area contributed by atoms with Crippen molar-refractivity contribution in [2.24, 2.45) is 0 Å². The fourth-order valence-corrected chi connectivity index (χ4v) is 1.17. The molecule has 0 heteroatoms. The van der Waals surface area contributed by atoms with Gasteiger partial charge in [-0.2, -0.15) is 0 Å². The van der Waals surface area contributed by atoms with Gasteiger partial charge < -0.3 is 0 Å². The first-order chi connectivity index (χ1) is 7.00. The highest BCUT2D eigenvalue weighted by molar-refractivity contribution is 5.14. The zero-order valence-corrected chi connectivity index (χ0v) is 8.52. The molecule has 0 aromatic heterocycles. The van der Waals surface area contributed by atoms with Crippen LogP contribution < -0.4 is 0 Å². The van der Waals surface area contributed by atoms with Crippen LogP contribution in [0.25, 0.3) is 0 Å². The van der Waals surface area contributed by atoms with Crippen LogP contribution in [-0.2, 0) is 0 Å². The Morgan fingerprint density at radius 1 is 0.643 bits per heavy atom. The van der Waals surface area contributed by atoms with E-state index in [1.807, 2.05) is 24.3 Å². The second-order valence-electron chi connectivity index (χ2n) is 3.16. The Bertz CT molecular complexity index is 234. The van der Waals surface area contributed by atoms with Crippen LogP contribution in [0, 0.1) is 6.08 Å². The minimum atomic E-state index is 1.01. The molecule has 1 aliphatic carbocycles. The standard InChI is InChI=1S/C14H17/c1-2-4-6-8-10-12-14-13-11-9-7-5-3-1/h1-7,12,14H,8,10-11,13H2. The van der Waals surface area contributed by atoms with E-state index in [0.717, 1.165) is 25.7 Å². The van der Waals surface area contributed by atoms with Crippen molar-refractivity contribution in [1.82, 2.24) is 0 Å². The lowest BCUT2D eigenvalue weighted by molar-refractivity contribution is 0.992. The largest absolute Gasteiger partial charge is 0.0882 e. The Hall–Kier alpha value is -1.30. The van der Waals surface area contributed by atoms with E-state index in [0.29, 0.717) is 0 Å². The topological polar surface area (TPSA) is 0 Å². The summed E-state index contributed by atoms with van der Waals surface area (Å²) < 4.78 is 0. The quantitative estimate of drug-likeness (QED) is 0.497. The van der Waals surface area contributed by atoms with E-state index < -0.39 is 0 Å². The molecular weight excluding hydrogens is 168 g/mol. The predicted molar refractivity (Wildman–Crippen MR) is 62.8 cm³/mol. The average Bonchev–Trinajstić information content (AvgIpc) is 2.22. The highest BCUT2D eigenvalue weighted by Gasteiger charge is 1.78. The summed E-state index contributed by atoms with van der Waals surface area (Å²) in [6.45, 7) is 0. The van der Waals surface area contributed by atoms with Gasteiger partial charge in [-0.1, -0.05) is 54.7 Å². The lowest BCUT2D eigenvalue weighted by atomic mass is 10.2. The Balaban J connectivity index is 2.46. The minimum Gasteiger partial charge on any atom is -0.0882 e. The molecule has 1 radical (unpaired) electrons. The van der Waals surface area contributed by atoms with E-state index in [1.165, 1.54) is 0 Å². The predicted octanol–water partition coefficient (Wildman–Crippen LogP) is 4.14. The molecule has 0 spiro atoms. The highest BCUT2D eigenvalue weighted by Crippen LogP contribution is 1.98. The molecule has 0 nitrogen and oxygen atoms in total. The smallest absolute Gasteiger partial charge is 0.0241 e. The van der Waals surface area contributed by atoms with Crippen molar-refractivity contribution < 1.29 is 0 Å². The summed E-state index contributed by atoms with van der Waals surface area (Å²) >= 11 is 0. The molecular formula is C14H17. The maximum atomic E-state index is 3.22. The molecule has 0 aromatic carbocycles. The monoisotopic (exact) mass is 185 g/mol. The van der Waals surface area contributed by atoms with E-state index >= 15 is 0 Å². The number of hydrogen-bond acceptors (Lipinski definition) is 0. The van der Waals surface area contributed by atoms with Gasteiger partial charge in [0.05, 0.1) is 0 Å². The van der Waals surface area contributed by atoms with Crippen molar-refractivity contribution >= 4 is 0 Å². The molecule has 0 heterocycles. The first-order valence-corrected chi connectivity index (χ1v) is 5.20. The van der Waals surface area contributed by atoms with E-state index in [9.17, 15) is 0 Å². The second-order valence-corrected chi connectivity index (χ2v) is 3.16. The molecule has 0 unspecified atom stereocenters. The fourth-order valence-electron chi connectivity index (χ4n) is 1.17. The maximum Gasteiger partial charge on any atom is -0.0241 e. The van der Waals surface area contributed by atoms with Crippen molar-refractivity contribution in [3.05, 3.63) is 60.8 Å². The van der Waals surface area contributed by atoms with Crippen LogP contribution in [0.15, 0.2) is 54.7 Å². The molecule has 1 aliphatic rings. The van der Waals surface area contributed by atoms with E-state index in [2.05, 4.69) is 36.5 Å². The molecule has 0 aliphatic heterocycles. The molecule has 14 heavy (non-hydrogen) atoms. The SMILES string of the molecule is [C]1=CC=CC=CC=CCCC=CCC1. The normalized spacial score (nSPS) is 18.3. The van der Waals surface area contributed by atoms with E-state index in [-0.39, 0.29) is 0 Å². The van der Waals surface area contributed by atoms with Crippen LogP contribution in [0.4, 0.5) is 0 Å². The lowest BCUT2D eigenvalue weighted by Gasteiger charge is -1.88. The first-order valence-electron chi connectivity index (χ1n) is 5.20. The third-order valence-electron chi connectivity index (χ3n) is 1.92. The molecule has 0 bridgehead atoms. The van der Waals surface area contributed by atoms with Crippen LogP contribution in [0.2, 0.25) is 0 Å². The summed E-state index contributed by atoms with van der Waals surface area (Å²) in [4.78, 5) is 0. The van der Waals surface area contributed by atoms with Crippen molar-refractivity contribution in [2.45, 2.75) is 25.7 Å². The Kier molecular flexibility index (Phi) is 6.39. The van der Waals surface area contributed by atoms with Gasteiger partial charge in [0.25, 0.3) is 0 Å². The Morgan fingerprint density at radius 2 is 1.36 bits per heavy atom. The van der Waals surface area contributed by atoms with Gasteiger partial charge in [0.2, 0.25) is 0 Å². The van der Waals surface area contributed by atoms with E-state index in [1.54, 1.807) is 0 Å². The van der Waals surface area contributed by atoms with Gasteiger partial charge in [0, 0.05) is 0 Å². The van der Waals surface area contributed by atoms with Gasteiger partial charge in [-0.15, -0.1) is 0 Å². The van der Waals surface area contributed by atoms with Crippen LogP contribution in [0.1, 0.15) is 25.7 Å². The van der Waals surface area contributed by atoms with Gasteiger partial charge in [-0.05, 0) is 31.8 Å². The summed E-state index contributed by atoms with van der Waals surface area (Å²) in [5.41, 5.74) is 0. The lowest BCUT2D eigenvalue weighted by Crippen LogP contribution is -1.68. The zero-order chi connectivity index (χ0) is 9.90. The van der Waals surface area contributed by atoms with Gasteiger partial charge in [-0.25, -0.2) is 0 Å². The van der Waals surface area contributed by atoms with Crippen molar-refractivity contribution in [1.29, 1.82) is 0 Å². The highest BCUT2D eigenvalue weighted by atomic mass is 13.8. The van der Waals surface area contributed by atoms with Crippen molar-refractivity contribution in [2.75, 3.05) is 0 Å². The number of rotatable bonds is 0. The zero-order valence-electron chi connectivity index (χ0n) is 8.52. The van der Waals surface area contributed by atoms with Gasteiger partial charge in [-0.3, -0.25) is 0 Å². The van der Waals surface area contributed by atoms with E-state index in [4.69, 9.17) is 0 Å². The molecule has 0 amide bonds. The summed E-state index contributed by atoms with van der Waals surface area (Å²) in [5.74, 6) is 0. The molecule has 0 N–H and O–H groups in total. The molecule has 1 rings (SSSR count). The van der Waals surface area contributed by atoms with Gasteiger partial charge in [0.15, 0.2) is 0 Å². The minimum absolute atomic E-state index is 1.01. The van der Waals surface area contributed by atoms with Crippen molar-refractivity contribution in [3.8, 4) is 0 Å². The van der Waals surface area contributed by atoms with Crippen molar-refractivity contribution in [3.63, 3.8) is 0 Å². The van der Waals surface area contributed by atoms with Gasteiger partial charge >= 0.3 is 0 Å². The Labute approximate surface area is 87.0 Å². The molecule has 0 aromatic rings. The van der Waals surface area contributed by atoms with Crippen LogP contribution in [0.3, 0.4) is 0 Å². The van der Waals surface area contributed by atoms with Crippen LogP contribution in [-0.4, -0.2) is 0 Å². The molecule has 0 saturated carbocycles. The summed E-state index contributed by atoms with van der Waals surface area (Å²) in [6.07, 6.45) is 26.5. The first kappa shape index (κ1) is 10.8. The number of hydrogen-bond donors (Lipinski definition) is 0.